The molecule has 0 amide bonds. The second-order valence-corrected chi connectivity index (χ2v) is 5.19. The van der Waals surface area contributed by atoms with Crippen LogP contribution in [0.2, 0.25) is 0 Å². The molecule has 0 aromatic rings. The molecule has 5 nitrogen and oxygen atoms in total. The molecular formula is C13H27NO4. The number of ether oxygens (including phenoxy) is 3. The van der Waals surface area contributed by atoms with Gasteiger partial charge in [-0.1, -0.05) is 13.8 Å². The molecule has 0 radical (unpaired) electrons. The highest BCUT2D eigenvalue weighted by atomic mass is 16.5. The molecule has 18 heavy (non-hydrogen) atoms. The first-order valence-electron chi connectivity index (χ1n) is 6.29. The van der Waals surface area contributed by atoms with Gasteiger partial charge in [-0.05, 0) is 20.3 Å². The van der Waals surface area contributed by atoms with Crippen LogP contribution in [0.1, 0.15) is 34.1 Å². The minimum Gasteiger partial charge on any atom is -0.468 e. The van der Waals surface area contributed by atoms with Gasteiger partial charge in [0, 0.05) is 19.8 Å². The Morgan fingerprint density at radius 3 is 2.33 bits per heavy atom. The second-order valence-electron chi connectivity index (χ2n) is 5.19. The van der Waals surface area contributed by atoms with Crippen LogP contribution in [0.15, 0.2) is 0 Å². The number of hydrogen-bond acceptors (Lipinski definition) is 5. The third-order valence-electron chi connectivity index (χ3n) is 2.71. The van der Waals surface area contributed by atoms with Crippen LogP contribution < -0.4 is 5.32 Å². The summed E-state index contributed by atoms with van der Waals surface area (Å²) in [4.78, 5) is 11.5. The van der Waals surface area contributed by atoms with Crippen LogP contribution >= 0.6 is 0 Å². The summed E-state index contributed by atoms with van der Waals surface area (Å²) in [5.74, 6) is -0.297. The van der Waals surface area contributed by atoms with Gasteiger partial charge in [-0.25, -0.2) is 0 Å². The molecule has 0 rings (SSSR count). The van der Waals surface area contributed by atoms with Gasteiger partial charge < -0.3 is 19.5 Å². The van der Waals surface area contributed by atoms with Gasteiger partial charge in [0.05, 0.1) is 19.3 Å². The van der Waals surface area contributed by atoms with Crippen LogP contribution in [0.3, 0.4) is 0 Å². The number of nitrogens with one attached hydrogen (secondary N) is 1. The summed E-state index contributed by atoms with van der Waals surface area (Å²) in [6.07, 6.45) is 0.777. The summed E-state index contributed by atoms with van der Waals surface area (Å²) in [5.41, 5.74) is -0.202. The zero-order valence-corrected chi connectivity index (χ0v) is 12.4. The largest absolute Gasteiger partial charge is 0.468 e. The van der Waals surface area contributed by atoms with Gasteiger partial charge in [0.2, 0.25) is 0 Å². The van der Waals surface area contributed by atoms with Crippen molar-refractivity contribution in [2.24, 2.45) is 0 Å². The zero-order valence-electron chi connectivity index (χ0n) is 12.4. The number of hydrogen-bond donors (Lipinski definition) is 1. The van der Waals surface area contributed by atoms with Crippen molar-refractivity contribution in [2.75, 3.05) is 27.4 Å². The van der Waals surface area contributed by atoms with Crippen molar-refractivity contribution in [1.29, 1.82) is 0 Å². The summed E-state index contributed by atoms with van der Waals surface area (Å²) >= 11 is 0. The molecule has 5 heteroatoms. The van der Waals surface area contributed by atoms with E-state index in [0.29, 0.717) is 13.2 Å². The molecule has 0 saturated carbocycles. The average molecular weight is 261 g/mol. The maximum Gasteiger partial charge on any atom is 0.325 e. The predicted molar refractivity (Wildman–Crippen MR) is 70.6 cm³/mol. The van der Waals surface area contributed by atoms with Gasteiger partial charge in [-0.3, -0.25) is 4.79 Å². The molecule has 1 atom stereocenters. The van der Waals surface area contributed by atoms with Crippen molar-refractivity contribution in [3.63, 3.8) is 0 Å². The molecule has 0 aromatic carbocycles. The molecule has 0 fully saturated rings. The number of carbonyl (C=O) groups excluding carboxylic acids is 1. The van der Waals surface area contributed by atoms with Crippen LogP contribution in [-0.2, 0) is 19.0 Å². The summed E-state index contributed by atoms with van der Waals surface area (Å²) in [6, 6.07) is -0.214. The van der Waals surface area contributed by atoms with Crippen LogP contribution in [0.25, 0.3) is 0 Å². The van der Waals surface area contributed by atoms with Crippen molar-refractivity contribution >= 4 is 5.97 Å². The van der Waals surface area contributed by atoms with Gasteiger partial charge in [0.1, 0.15) is 6.04 Å². The monoisotopic (exact) mass is 261 g/mol. The molecule has 0 aliphatic rings. The lowest BCUT2D eigenvalue weighted by Crippen LogP contribution is -2.45. The number of rotatable bonds is 9. The van der Waals surface area contributed by atoms with Crippen LogP contribution in [0.5, 0.6) is 0 Å². The smallest absolute Gasteiger partial charge is 0.325 e. The standard InChI is InChI=1S/C13H27NO4/c1-10(2)14-11(12(15)16-5)9-18-8-7-13(3,4)17-6/h10-11,14H,7-9H2,1-6H3. The molecule has 0 bridgehead atoms. The molecule has 0 saturated heterocycles. The fourth-order valence-corrected chi connectivity index (χ4v) is 1.35. The fraction of sp³-hybridized carbons (Fsp3) is 0.923. The molecule has 0 aliphatic carbocycles. The maximum atomic E-state index is 11.5. The first-order valence-corrected chi connectivity index (χ1v) is 6.29. The molecule has 108 valence electrons. The molecule has 1 unspecified atom stereocenters. The van der Waals surface area contributed by atoms with E-state index in [1.807, 2.05) is 27.7 Å². The van der Waals surface area contributed by atoms with Gasteiger partial charge in [0.15, 0.2) is 0 Å². The molecule has 1 N–H and O–H groups in total. The molecule has 0 aliphatic heterocycles. The first kappa shape index (κ1) is 17.4. The first-order chi connectivity index (χ1) is 8.32. The van der Waals surface area contributed by atoms with Gasteiger partial charge in [-0.2, -0.15) is 0 Å². The minimum absolute atomic E-state index is 0.202. The van der Waals surface area contributed by atoms with E-state index in [0.717, 1.165) is 6.42 Å². The third-order valence-corrected chi connectivity index (χ3v) is 2.71. The minimum atomic E-state index is -0.416. The van der Waals surface area contributed by atoms with Crippen LogP contribution in [0, 0.1) is 0 Å². The Kier molecular flexibility index (Phi) is 8.15. The van der Waals surface area contributed by atoms with Gasteiger partial charge >= 0.3 is 5.97 Å². The van der Waals surface area contributed by atoms with Crippen molar-refractivity contribution in [2.45, 2.75) is 51.8 Å². The topological polar surface area (TPSA) is 56.8 Å². The van der Waals surface area contributed by atoms with Crippen LogP contribution in [0.4, 0.5) is 0 Å². The van der Waals surface area contributed by atoms with E-state index in [2.05, 4.69) is 5.32 Å². The quantitative estimate of drug-likeness (QED) is 0.501. The summed E-state index contributed by atoms with van der Waals surface area (Å²) in [7, 11) is 3.06. The van der Waals surface area contributed by atoms with E-state index in [9.17, 15) is 4.79 Å². The van der Waals surface area contributed by atoms with Crippen molar-refractivity contribution < 1.29 is 19.0 Å². The number of esters is 1. The van der Waals surface area contributed by atoms with E-state index >= 15 is 0 Å². The Morgan fingerprint density at radius 2 is 1.89 bits per heavy atom. The third kappa shape index (κ3) is 7.63. The Morgan fingerprint density at radius 1 is 1.28 bits per heavy atom. The van der Waals surface area contributed by atoms with Gasteiger partial charge in [0.25, 0.3) is 0 Å². The highest BCUT2D eigenvalue weighted by Gasteiger charge is 2.21. The number of carbonyl (C=O) groups is 1. The summed E-state index contributed by atoms with van der Waals surface area (Å²) in [5, 5.41) is 3.11. The molecule has 0 heterocycles. The second kappa shape index (κ2) is 8.45. The lowest BCUT2D eigenvalue weighted by Gasteiger charge is -2.23. The lowest BCUT2D eigenvalue weighted by molar-refractivity contribution is -0.145. The Hall–Kier alpha value is -0.650. The van der Waals surface area contributed by atoms with E-state index in [1.165, 1.54) is 7.11 Å². The zero-order chi connectivity index (χ0) is 14.2. The fourth-order valence-electron chi connectivity index (χ4n) is 1.35. The summed E-state index contributed by atoms with van der Waals surface area (Å²) in [6.45, 7) is 8.81. The van der Waals surface area contributed by atoms with Crippen molar-refractivity contribution in [1.82, 2.24) is 5.32 Å². The normalized spacial score (nSPS) is 13.7. The molecule has 0 aromatic heterocycles. The van der Waals surface area contributed by atoms with Crippen molar-refractivity contribution in [3.8, 4) is 0 Å². The highest BCUT2D eigenvalue weighted by Crippen LogP contribution is 2.12. The SMILES string of the molecule is COC(=O)C(COCCC(C)(C)OC)NC(C)C. The maximum absolute atomic E-state index is 11.5. The van der Waals surface area contributed by atoms with E-state index < -0.39 is 6.04 Å². The van der Waals surface area contributed by atoms with Crippen molar-refractivity contribution in [3.05, 3.63) is 0 Å². The van der Waals surface area contributed by atoms with E-state index in [4.69, 9.17) is 14.2 Å². The Balaban J connectivity index is 4.01. The highest BCUT2D eigenvalue weighted by molar-refractivity contribution is 5.75. The van der Waals surface area contributed by atoms with Gasteiger partial charge in [-0.15, -0.1) is 0 Å². The predicted octanol–water partition coefficient (Wildman–Crippen LogP) is 1.36. The lowest BCUT2D eigenvalue weighted by atomic mass is 10.1. The number of methoxy groups -OCH3 is 2. The Bertz CT molecular complexity index is 241. The Labute approximate surface area is 110 Å². The van der Waals surface area contributed by atoms with E-state index in [1.54, 1.807) is 7.11 Å². The van der Waals surface area contributed by atoms with E-state index in [-0.39, 0.29) is 17.6 Å². The molecule has 0 spiro atoms. The average Bonchev–Trinajstić information content (AvgIpc) is 2.31. The molecular weight excluding hydrogens is 234 g/mol. The van der Waals surface area contributed by atoms with Crippen LogP contribution in [-0.4, -0.2) is 51.1 Å². The summed E-state index contributed by atoms with van der Waals surface area (Å²) < 4.78 is 15.5.